The fourth-order valence-corrected chi connectivity index (χ4v) is 1.31. The summed E-state index contributed by atoms with van der Waals surface area (Å²) < 4.78 is 5.19. The van der Waals surface area contributed by atoms with Crippen molar-refractivity contribution in [2.75, 3.05) is 27.2 Å². The van der Waals surface area contributed by atoms with Gasteiger partial charge in [-0.1, -0.05) is 29.8 Å². The van der Waals surface area contributed by atoms with Gasteiger partial charge in [-0.15, -0.1) is 0 Å². The Labute approximate surface area is 103 Å². The van der Waals surface area contributed by atoms with E-state index >= 15 is 0 Å². The van der Waals surface area contributed by atoms with Crippen LogP contribution in [0.5, 0.6) is 0 Å². The van der Waals surface area contributed by atoms with Crippen LogP contribution in [-0.4, -0.2) is 38.2 Å². The minimum atomic E-state index is -0.291. The van der Waals surface area contributed by atoms with Crippen molar-refractivity contribution in [2.24, 2.45) is 0 Å². The molecule has 4 heteroatoms. The van der Waals surface area contributed by atoms with E-state index in [1.54, 1.807) is 11.9 Å². The zero-order chi connectivity index (χ0) is 12.7. The third-order valence-electron chi connectivity index (χ3n) is 2.49. The van der Waals surface area contributed by atoms with Crippen LogP contribution in [0.3, 0.4) is 0 Å². The summed E-state index contributed by atoms with van der Waals surface area (Å²) in [5, 5.41) is 2.98. The summed E-state index contributed by atoms with van der Waals surface area (Å²) in [4.78, 5) is 13.1. The predicted molar refractivity (Wildman–Crippen MR) is 67.9 cm³/mol. The van der Waals surface area contributed by atoms with Gasteiger partial charge in [0.1, 0.15) is 6.61 Å². The number of aryl methyl sites for hydroxylation is 1. The molecule has 0 aliphatic heterocycles. The number of benzene rings is 1. The quantitative estimate of drug-likeness (QED) is 0.847. The molecule has 17 heavy (non-hydrogen) atoms. The lowest BCUT2D eigenvalue weighted by Crippen LogP contribution is -2.33. The van der Waals surface area contributed by atoms with Crippen molar-refractivity contribution in [1.82, 2.24) is 10.2 Å². The van der Waals surface area contributed by atoms with Gasteiger partial charge in [-0.25, -0.2) is 4.79 Å². The number of nitrogens with one attached hydrogen (secondary N) is 1. The summed E-state index contributed by atoms with van der Waals surface area (Å²) in [7, 11) is 3.58. The summed E-state index contributed by atoms with van der Waals surface area (Å²) in [6.07, 6.45) is -0.291. The van der Waals surface area contributed by atoms with Crippen LogP contribution in [0.4, 0.5) is 4.79 Å². The summed E-state index contributed by atoms with van der Waals surface area (Å²) >= 11 is 0. The Hall–Kier alpha value is -1.55. The SMILES string of the molecule is CNCCN(C)C(=O)OCc1ccc(C)cc1. The minimum Gasteiger partial charge on any atom is -0.445 e. The highest BCUT2D eigenvalue weighted by Gasteiger charge is 2.08. The molecular formula is C13H20N2O2. The fourth-order valence-electron chi connectivity index (χ4n) is 1.31. The normalized spacial score (nSPS) is 10.1. The Morgan fingerprint density at radius 3 is 2.59 bits per heavy atom. The Bertz CT molecular complexity index is 349. The first-order valence-electron chi connectivity index (χ1n) is 5.71. The van der Waals surface area contributed by atoms with Crippen molar-refractivity contribution in [3.05, 3.63) is 35.4 Å². The summed E-state index contributed by atoms with van der Waals surface area (Å²) in [5.41, 5.74) is 2.21. The van der Waals surface area contributed by atoms with Crippen molar-refractivity contribution in [3.8, 4) is 0 Å². The highest BCUT2D eigenvalue weighted by Crippen LogP contribution is 2.05. The number of ether oxygens (including phenoxy) is 1. The molecule has 1 amide bonds. The predicted octanol–water partition coefficient (Wildman–Crippen LogP) is 1.78. The van der Waals surface area contributed by atoms with Crippen molar-refractivity contribution in [1.29, 1.82) is 0 Å². The number of likely N-dealkylation sites (N-methyl/N-ethyl adjacent to an activating group) is 2. The molecule has 94 valence electrons. The Balaban J connectivity index is 2.34. The van der Waals surface area contributed by atoms with Crippen LogP contribution in [0.25, 0.3) is 0 Å². The Morgan fingerprint density at radius 2 is 2.00 bits per heavy atom. The maximum absolute atomic E-state index is 11.6. The molecule has 0 spiro atoms. The number of hydrogen-bond acceptors (Lipinski definition) is 3. The molecule has 0 fully saturated rings. The van der Waals surface area contributed by atoms with Gasteiger partial charge in [-0.05, 0) is 19.5 Å². The number of carbonyl (C=O) groups excluding carboxylic acids is 1. The van der Waals surface area contributed by atoms with Crippen LogP contribution in [0.15, 0.2) is 24.3 Å². The largest absolute Gasteiger partial charge is 0.445 e. The Morgan fingerprint density at radius 1 is 1.35 bits per heavy atom. The highest BCUT2D eigenvalue weighted by atomic mass is 16.6. The van der Waals surface area contributed by atoms with Gasteiger partial charge in [0.15, 0.2) is 0 Å². The molecule has 0 radical (unpaired) electrons. The third-order valence-corrected chi connectivity index (χ3v) is 2.49. The van der Waals surface area contributed by atoms with Gasteiger partial charge < -0.3 is 15.0 Å². The van der Waals surface area contributed by atoms with E-state index in [2.05, 4.69) is 5.32 Å². The van der Waals surface area contributed by atoms with Gasteiger partial charge in [0.25, 0.3) is 0 Å². The molecule has 1 rings (SSSR count). The average molecular weight is 236 g/mol. The minimum absolute atomic E-state index is 0.291. The van der Waals surface area contributed by atoms with E-state index in [1.165, 1.54) is 5.56 Å². The first kappa shape index (κ1) is 13.5. The molecule has 0 aliphatic carbocycles. The zero-order valence-corrected chi connectivity index (χ0v) is 10.7. The fraction of sp³-hybridized carbons (Fsp3) is 0.462. The molecule has 0 aromatic heterocycles. The van der Waals surface area contributed by atoms with Crippen LogP contribution in [0, 0.1) is 6.92 Å². The highest BCUT2D eigenvalue weighted by molar-refractivity contribution is 5.67. The molecule has 0 aliphatic rings. The molecule has 4 nitrogen and oxygen atoms in total. The van der Waals surface area contributed by atoms with Gasteiger partial charge in [0.05, 0.1) is 0 Å². The lowest BCUT2D eigenvalue weighted by atomic mass is 10.2. The zero-order valence-electron chi connectivity index (χ0n) is 10.7. The van der Waals surface area contributed by atoms with Crippen LogP contribution in [-0.2, 0) is 11.3 Å². The molecule has 1 N–H and O–H groups in total. The first-order valence-corrected chi connectivity index (χ1v) is 5.71. The molecule has 0 bridgehead atoms. The smallest absolute Gasteiger partial charge is 0.409 e. The van der Waals surface area contributed by atoms with Crippen molar-refractivity contribution in [2.45, 2.75) is 13.5 Å². The van der Waals surface area contributed by atoms with E-state index in [1.807, 2.05) is 38.2 Å². The molecule has 0 saturated heterocycles. The molecule has 0 saturated carbocycles. The monoisotopic (exact) mass is 236 g/mol. The van der Waals surface area contributed by atoms with Crippen LogP contribution >= 0.6 is 0 Å². The van der Waals surface area contributed by atoms with Crippen molar-refractivity contribution >= 4 is 6.09 Å². The lowest BCUT2D eigenvalue weighted by Gasteiger charge is -2.16. The third kappa shape index (κ3) is 4.87. The summed E-state index contributed by atoms with van der Waals surface area (Å²) in [5.74, 6) is 0. The Kier molecular flexibility index (Phi) is 5.49. The van der Waals surface area contributed by atoms with Crippen LogP contribution in [0.1, 0.15) is 11.1 Å². The first-order chi connectivity index (χ1) is 8.13. The average Bonchev–Trinajstić information content (AvgIpc) is 2.34. The standard InChI is InChI=1S/C13H20N2O2/c1-11-4-6-12(7-5-11)10-17-13(16)15(3)9-8-14-2/h4-7,14H,8-10H2,1-3H3. The lowest BCUT2D eigenvalue weighted by molar-refractivity contribution is 0.105. The maximum Gasteiger partial charge on any atom is 0.409 e. The topological polar surface area (TPSA) is 41.6 Å². The molecule has 1 aromatic carbocycles. The summed E-state index contributed by atoms with van der Waals surface area (Å²) in [6, 6.07) is 7.95. The van der Waals surface area contributed by atoms with Gasteiger partial charge in [0, 0.05) is 20.1 Å². The number of nitrogens with zero attached hydrogens (tertiary/aromatic N) is 1. The van der Waals surface area contributed by atoms with E-state index in [-0.39, 0.29) is 6.09 Å². The molecule has 1 aromatic rings. The van der Waals surface area contributed by atoms with Crippen molar-refractivity contribution < 1.29 is 9.53 Å². The molecule has 0 unspecified atom stereocenters. The molecular weight excluding hydrogens is 216 g/mol. The second kappa shape index (κ2) is 6.91. The van der Waals surface area contributed by atoms with Crippen LogP contribution < -0.4 is 5.32 Å². The number of rotatable bonds is 5. The second-order valence-electron chi connectivity index (χ2n) is 4.07. The van der Waals surface area contributed by atoms with Gasteiger partial charge in [0.2, 0.25) is 0 Å². The maximum atomic E-state index is 11.6. The van der Waals surface area contributed by atoms with Gasteiger partial charge in [-0.2, -0.15) is 0 Å². The molecule has 0 atom stereocenters. The van der Waals surface area contributed by atoms with Gasteiger partial charge in [-0.3, -0.25) is 0 Å². The molecule has 0 heterocycles. The van der Waals surface area contributed by atoms with E-state index < -0.39 is 0 Å². The second-order valence-corrected chi connectivity index (χ2v) is 4.07. The van der Waals surface area contributed by atoms with E-state index in [0.29, 0.717) is 13.2 Å². The van der Waals surface area contributed by atoms with Gasteiger partial charge >= 0.3 is 6.09 Å². The number of hydrogen-bond donors (Lipinski definition) is 1. The number of carbonyl (C=O) groups is 1. The van der Waals surface area contributed by atoms with Crippen LogP contribution in [0.2, 0.25) is 0 Å². The number of amides is 1. The van der Waals surface area contributed by atoms with Crippen molar-refractivity contribution in [3.63, 3.8) is 0 Å². The van der Waals surface area contributed by atoms with E-state index in [9.17, 15) is 4.79 Å². The van der Waals surface area contributed by atoms with E-state index in [0.717, 1.165) is 12.1 Å². The summed E-state index contributed by atoms with van der Waals surface area (Å²) in [6.45, 7) is 3.75. The van der Waals surface area contributed by atoms with E-state index in [4.69, 9.17) is 4.74 Å².